The molecule has 1 heterocycles. The second-order valence-corrected chi connectivity index (χ2v) is 4.77. The third-order valence-corrected chi connectivity index (χ3v) is 3.35. The van der Waals surface area contributed by atoms with Gasteiger partial charge < -0.3 is 15.7 Å². The molecule has 0 saturated carbocycles. The van der Waals surface area contributed by atoms with E-state index in [2.05, 4.69) is 10.6 Å². The summed E-state index contributed by atoms with van der Waals surface area (Å²) in [6, 6.07) is 7.18. The standard InChI is InChI=1S/C14H18N2O3/c1-2-10(8-13(17)18)15-14(19)12-7-9-5-3-4-6-11(9)16-12/h3-6,10,12,16H,2,7-8H2,1H3,(H,15,19)(H,17,18). The molecule has 0 fully saturated rings. The van der Waals surface area contributed by atoms with Crippen LogP contribution < -0.4 is 10.6 Å². The van der Waals surface area contributed by atoms with Gasteiger partial charge in [0.05, 0.1) is 6.42 Å². The lowest BCUT2D eigenvalue weighted by molar-refractivity contribution is -0.137. The number of para-hydroxylation sites is 1. The summed E-state index contributed by atoms with van der Waals surface area (Å²) in [4.78, 5) is 22.8. The number of fused-ring (bicyclic) bond motifs is 1. The molecule has 5 heteroatoms. The number of carboxylic acids is 1. The molecular formula is C14H18N2O3. The van der Waals surface area contributed by atoms with Crippen LogP contribution in [-0.4, -0.2) is 29.1 Å². The van der Waals surface area contributed by atoms with Gasteiger partial charge in [-0.1, -0.05) is 25.1 Å². The zero-order chi connectivity index (χ0) is 13.8. The van der Waals surface area contributed by atoms with Crippen LogP contribution in [0.3, 0.4) is 0 Å². The molecule has 0 saturated heterocycles. The Labute approximate surface area is 112 Å². The van der Waals surface area contributed by atoms with E-state index < -0.39 is 5.97 Å². The second kappa shape index (κ2) is 5.73. The summed E-state index contributed by atoms with van der Waals surface area (Å²) in [7, 11) is 0. The fourth-order valence-electron chi connectivity index (χ4n) is 2.27. The minimum atomic E-state index is -0.894. The lowest BCUT2D eigenvalue weighted by atomic mass is 10.1. The monoisotopic (exact) mass is 262 g/mol. The van der Waals surface area contributed by atoms with Gasteiger partial charge in [0.15, 0.2) is 0 Å². The molecule has 1 aromatic rings. The summed E-state index contributed by atoms with van der Waals surface area (Å²) in [6.45, 7) is 1.87. The van der Waals surface area contributed by atoms with Crippen molar-refractivity contribution in [3.63, 3.8) is 0 Å². The average molecular weight is 262 g/mol. The summed E-state index contributed by atoms with van der Waals surface area (Å²) in [6.07, 6.45) is 1.21. The summed E-state index contributed by atoms with van der Waals surface area (Å²) < 4.78 is 0. The zero-order valence-corrected chi connectivity index (χ0v) is 10.8. The van der Waals surface area contributed by atoms with Crippen molar-refractivity contribution in [2.75, 3.05) is 5.32 Å². The molecule has 19 heavy (non-hydrogen) atoms. The van der Waals surface area contributed by atoms with Gasteiger partial charge in [0.2, 0.25) is 5.91 Å². The fraction of sp³-hybridized carbons (Fsp3) is 0.429. The fourth-order valence-corrected chi connectivity index (χ4v) is 2.27. The number of hydrogen-bond donors (Lipinski definition) is 3. The number of carbonyl (C=O) groups is 2. The van der Waals surface area contributed by atoms with Crippen LogP contribution in [0.2, 0.25) is 0 Å². The van der Waals surface area contributed by atoms with Gasteiger partial charge in [0, 0.05) is 18.2 Å². The molecule has 5 nitrogen and oxygen atoms in total. The third kappa shape index (κ3) is 3.24. The van der Waals surface area contributed by atoms with E-state index in [0.29, 0.717) is 12.8 Å². The minimum Gasteiger partial charge on any atom is -0.481 e. The van der Waals surface area contributed by atoms with Crippen molar-refractivity contribution in [3.05, 3.63) is 29.8 Å². The molecule has 0 spiro atoms. The van der Waals surface area contributed by atoms with E-state index in [1.807, 2.05) is 31.2 Å². The van der Waals surface area contributed by atoms with Gasteiger partial charge in [-0.3, -0.25) is 9.59 Å². The van der Waals surface area contributed by atoms with E-state index in [1.165, 1.54) is 0 Å². The van der Waals surface area contributed by atoms with Gasteiger partial charge in [-0.15, -0.1) is 0 Å². The minimum absolute atomic E-state index is 0.0398. The Morgan fingerprint density at radius 1 is 1.47 bits per heavy atom. The summed E-state index contributed by atoms with van der Waals surface area (Å²) in [5, 5.41) is 14.7. The second-order valence-electron chi connectivity index (χ2n) is 4.77. The number of carboxylic acid groups (broad SMARTS) is 1. The van der Waals surface area contributed by atoms with Crippen molar-refractivity contribution in [2.45, 2.75) is 38.3 Å². The van der Waals surface area contributed by atoms with Gasteiger partial charge in [0.1, 0.15) is 6.04 Å². The molecule has 3 N–H and O–H groups in total. The van der Waals surface area contributed by atoms with E-state index >= 15 is 0 Å². The Morgan fingerprint density at radius 3 is 2.84 bits per heavy atom. The van der Waals surface area contributed by atoms with Crippen molar-refractivity contribution >= 4 is 17.6 Å². The molecule has 2 rings (SSSR count). The van der Waals surface area contributed by atoms with Crippen LogP contribution in [0.15, 0.2) is 24.3 Å². The zero-order valence-electron chi connectivity index (χ0n) is 10.8. The van der Waals surface area contributed by atoms with Crippen LogP contribution in [0.1, 0.15) is 25.3 Å². The SMILES string of the molecule is CCC(CC(=O)O)NC(=O)C1Cc2ccccc2N1. The van der Waals surface area contributed by atoms with Crippen LogP contribution >= 0.6 is 0 Å². The van der Waals surface area contributed by atoms with E-state index in [9.17, 15) is 9.59 Å². The van der Waals surface area contributed by atoms with E-state index in [-0.39, 0.29) is 24.4 Å². The van der Waals surface area contributed by atoms with Gasteiger partial charge in [-0.05, 0) is 18.1 Å². The maximum absolute atomic E-state index is 12.1. The molecule has 1 amide bonds. The maximum Gasteiger partial charge on any atom is 0.305 e. The molecule has 102 valence electrons. The molecule has 0 aliphatic carbocycles. The lowest BCUT2D eigenvalue weighted by Crippen LogP contribution is -2.44. The molecule has 2 atom stereocenters. The first-order valence-electron chi connectivity index (χ1n) is 6.46. The topological polar surface area (TPSA) is 78.4 Å². The van der Waals surface area contributed by atoms with Gasteiger partial charge in [-0.2, -0.15) is 0 Å². The Kier molecular flexibility index (Phi) is 4.04. The van der Waals surface area contributed by atoms with E-state index in [1.54, 1.807) is 0 Å². The van der Waals surface area contributed by atoms with Crippen LogP contribution in [0, 0.1) is 0 Å². The van der Waals surface area contributed by atoms with E-state index in [0.717, 1.165) is 11.3 Å². The Bertz CT molecular complexity index is 462. The van der Waals surface area contributed by atoms with Crippen LogP contribution in [0.5, 0.6) is 0 Å². The largest absolute Gasteiger partial charge is 0.481 e. The highest BCUT2D eigenvalue weighted by Crippen LogP contribution is 2.25. The number of carbonyl (C=O) groups excluding carboxylic acids is 1. The summed E-state index contributed by atoms with van der Waals surface area (Å²) in [5.74, 6) is -1.03. The van der Waals surface area contributed by atoms with Crippen molar-refractivity contribution in [3.8, 4) is 0 Å². The molecule has 2 unspecified atom stereocenters. The molecule has 1 aliphatic rings. The highest BCUT2D eigenvalue weighted by atomic mass is 16.4. The number of rotatable bonds is 5. The highest BCUT2D eigenvalue weighted by Gasteiger charge is 2.27. The number of aliphatic carboxylic acids is 1. The lowest BCUT2D eigenvalue weighted by Gasteiger charge is -2.18. The summed E-state index contributed by atoms with van der Waals surface area (Å²) >= 11 is 0. The number of hydrogen-bond acceptors (Lipinski definition) is 3. The van der Waals surface area contributed by atoms with Crippen LogP contribution in [0.25, 0.3) is 0 Å². The van der Waals surface area contributed by atoms with E-state index in [4.69, 9.17) is 5.11 Å². The molecule has 0 aromatic heterocycles. The first kappa shape index (κ1) is 13.4. The van der Waals surface area contributed by atoms with Crippen LogP contribution in [0.4, 0.5) is 5.69 Å². The quantitative estimate of drug-likeness (QED) is 0.749. The van der Waals surface area contributed by atoms with Crippen LogP contribution in [-0.2, 0) is 16.0 Å². The number of nitrogens with one attached hydrogen (secondary N) is 2. The smallest absolute Gasteiger partial charge is 0.305 e. The Morgan fingerprint density at radius 2 is 2.21 bits per heavy atom. The first-order valence-corrected chi connectivity index (χ1v) is 6.46. The Balaban J connectivity index is 1.93. The molecular weight excluding hydrogens is 244 g/mol. The van der Waals surface area contributed by atoms with Gasteiger partial charge in [0.25, 0.3) is 0 Å². The third-order valence-electron chi connectivity index (χ3n) is 3.35. The van der Waals surface area contributed by atoms with Crippen molar-refractivity contribution in [1.29, 1.82) is 0 Å². The summed E-state index contributed by atoms with van der Waals surface area (Å²) in [5.41, 5.74) is 2.10. The van der Waals surface area contributed by atoms with Crippen molar-refractivity contribution < 1.29 is 14.7 Å². The number of anilines is 1. The normalized spacial score (nSPS) is 18.3. The molecule has 1 aromatic carbocycles. The predicted molar refractivity (Wildman–Crippen MR) is 72.0 cm³/mol. The first-order chi connectivity index (χ1) is 9.10. The molecule has 0 radical (unpaired) electrons. The number of amides is 1. The van der Waals surface area contributed by atoms with Gasteiger partial charge in [-0.25, -0.2) is 0 Å². The predicted octanol–water partition coefficient (Wildman–Crippen LogP) is 1.39. The maximum atomic E-state index is 12.1. The van der Waals surface area contributed by atoms with Crippen molar-refractivity contribution in [1.82, 2.24) is 5.32 Å². The Hall–Kier alpha value is -2.04. The molecule has 0 bridgehead atoms. The molecule has 1 aliphatic heterocycles. The average Bonchev–Trinajstić information content (AvgIpc) is 2.81. The highest BCUT2D eigenvalue weighted by molar-refractivity contribution is 5.87. The van der Waals surface area contributed by atoms with Gasteiger partial charge >= 0.3 is 5.97 Å². The van der Waals surface area contributed by atoms with Crippen molar-refractivity contribution in [2.24, 2.45) is 0 Å². The number of benzene rings is 1.